The normalized spacial score (nSPS) is 10.8. The molecule has 4 nitrogen and oxygen atoms in total. The molecule has 28 heavy (non-hydrogen) atoms. The molecule has 6 heteroatoms. The molecular weight excluding hydrogens is 362 g/mol. The van der Waals surface area contributed by atoms with E-state index in [4.69, 9.17) is 4.74 Å². The minimum Gasteiger partial charge on any atom is -0.456 e. The fourth-order valence-corrected chi connectivity index (χ4v) is 2.48. The van der Waals surface area contributed by atoms with Crippen LogP contribution in [0.25, 0.3) is 6.08 Å². The van der Waals surface area contributed by atoms with Crippen molar-refractivity contribution < 1.29 is 18.3 Å². The van der Waals surface area contributed by atoms with Crippen LogP contribution in [0.3, 0.4) is 0 Å². The summed E-state index contributed by atoms with van der Waals surface area (Å²) in [6.07, 6.45) is 6.64. The number of carbonyl (C=O) groups excluding carboxylic acids is 1. The molecule has 1 N–H and O–H groups in total. The van der Waals surface area contributed by atoms with Gasteiger partial charge < -0.3 is 10.1 Å². The fraction of sp³-hybridized carbons (Fsp3) is 0.0909. The van der Waals surface area contributed by atoms with Crippen molar-refractivity contribution in [3.63, 3.8) is 0 Å². The number of nitrogens with zero attached hydrogens (tertiary/aromatic N) is 1. The van der Waals surface area contributed by atoms with Crippen LogP contribution in [0.1, 0.15) is 11.1 Å². The Labute approximate surface area is 161 Å². The maximum Gasteiger partial charge on any atom is 0.244 e. The van der Waals surface area contributed by atoms with Crippen molar-refractivity contribution in [2.24, 2.45) is 0 Å². The monoisotopic (exact) mass is 380 g/mol. The molecule has 3 aromatic rings. The van der Waals surface area contributed by atoms with Crippen molar-refractivity contribution in [3.8, 4) is 11.5 Å². The van der Waals surface area contributed by atoms with E-state index in [0.717, 1.165) is 17.7 Å². The van der Waals surface area contributed by atoms with Crippen molar-refractivity contribution in [1.82, 2.24) is 10.3 Å². The van der Waals surface area contributed by atoms with Gasteiger partial charge in [-0.3, -0.25) is 9.78 Å². The summed E-state index contributed by atoms with van der Waals surface area (Å²) in [6.45, 7) is 0.428. The van der Waals surface area contributed by atoms with Crippen LogP contribution in [0, 0.1) is 11.6 Å². The minimum absolute atomic E-state index is 0.313. The van der Waals surface area contributed by atoms with Gasteiger partial charge in [-0.2, -0.15) is 0 Å². The van der Waals surface area contributed by atoms with E-state index >= 15 is 0 Å². The number of carbonyl (C=O) groups is 1. The van der Waals surface area contributed by atoms with Gasteiger partial charge in [-0.1, -0.05) is 18.2 Å². The molecule has 0 bridgehead atoms. The summed E-state index contributed by atoms with van der Waals surface area (Å²) in [5, 5.41) is 2.75. The highest BCUT2D eigenvalue weighted by Gasteiger charge is 2.02. The first-order valence-electron chi connectivity index (χ1n) is 8.68. The van der Waals surface area contributed by atoms with Gasteiger partial charge in [0.25, 0.3) is 0 Å². The summed E-state index contributed by atoms with van der Waals surface area (Å²) in [6, 6.07) is 14.6. The first-order valence-corrected chi connectivity index (χ1v) is 8.68. The van der Waals surface area contributed by atoms with Crippen LogP contribution in [-0.4, -0.2) is 17.4 Å². The second-order valence-electron chi connectivity index (χ2n) is 5.99. The predicted molar refractivity (Wildman–Crippen MR) is 103 cm³/mol. The lowest BCUT2D eigenvalue weighted by Gasteiger charge is -2.07. The van der Waals surface area contributed by atoms with Crippen LogP contribution in [0.4, 0.5) is 8.78 Å². The van der Waals surface area contributed by atoms with Crippen molar-refractivity contribution in [1.29, 1.82) is 0 Å². The molecule has 142 valence electrons. The number of hydrogen-bond donors (Lipinski definition) is 1. The number of benzene rings is 2. The highest BCUT2D eigenvalue weighted by atomic mass is 19.2. The van der Waals surface area contributed by atoms with Gasteiger partial charge >= 0.3 is 0 Å². The number of ether oxygens (including phenoxy) is 1. The van der Waals surface area contributed by atoms with E-state index in [0.29, 0.717) is 30.0 Å². The highest BCUT2D eigenvalue weighted by molar-refractivity contribution is 5.91. The SMILES string of the molecule is O=C(C=Cc1ccc(F)c(F)c1)NCCc1cccc(Oc2cccnc2)c1. The molecule has 0 aliphatic rings. The first-order chi connectivity index (χ1) is 13.6. The number of pyridine rings is 1. The molecule has 0 aliphatic heterocycles. The zero-order chi connectivity index (χ0) is 19.8. The van der Waals surface area contributed by atoms with Gasteiger partial charge in [0, 0.05) is 18.8 Å². The summed E-state index contributed by atoms with van der Waals surface area (Å²) in [7, 11) is 0. The van der Waals surface area contributed by atoms with Gasteiger partial charge in [-0.15, -0.1) is 0 Å². The van der Waals surface area contributed by atoms with Gasteiger partial charge in [0.2, 0.25) is 5.91 Å². The lowest BCUT2D eigenvalue weighted by Crippen LogP contribution is -2.23. The molecule has 0 unspecified atom stereocenters. The van der Waals surface area contributed by atoms with Crippen molar-refractivity contribution in [2.75, 3.05) is 6.54 Å². The van der Waals surface area contributed by atoms with E-state index in [1.54, 1.807) is 18.5 Å². The predicted octanol–water partition coefficient (Wildman–Crippen LogP) is 4.52. The third-order valence-electron chi connectivity index (χ3n) is 3.85. The van der Waals surface area contributed by atoms with E-state index in [1.165, 1.54) is 18.2 Å². The second kappa shape index (κ2) is 9.41. The quantitative estimate of drug-likeness (QED) is 0.613. The number of rotatable bonds is 7. The van der Waals surface area contributed by atoms with Crippen molar-refractivity contribution in [3.05, 3.63) is 95.8 Å². The average molecular weight is 380 g/mol. The van der Waals surface area contributed by atoms with Crippen molar-refractivity contribution >= 4 is 12.0 Å². The second-order valence-corrected chi connectivity index (χ2v) is 5.99. The lowest BCUT2D eigenvalue weighted by molar-refractivity contribution is -0.116. The van der Waals surface area contributed by atoms with E-state index in [9.17, 15) is 13.6 Å². The number of halogens is 2. The zero-order valence-electron chi connectivity index (χ0n) is 14.9. The van der Waals surface area contributed by atoms with Crippen molar-refractivity contribution in [2.45, 2.75) is 6.42 Å². The van der Waals surface area contributed by atoms with Crippen LogP contribution in [0.2, 0.25) is 0 Å². The minimum atomic E-state index is -0.948. The van der Waals surface area contributed by atoms with E-state index < -0.39 is 11.6 Å². The molecular formula is C22H18F2N2O2. The Bertz CT molecular complexity index is 975. The molecule has 1 heterocycles. The molecule has 0 atom stereocenters. The molecule has 0 radical (unpaired) electrons. The Morgan fingerprint density at radius 1 is 1.04 bits per heavy atom. The molecule has 0 saturated carbocycles. The Morgan fingerprint density at radius 2 is 1.89 bits per heavy atom. The number of aromatic nitrogens is 1. The van der Waals surface area contributed by atoms with Gasteiger partial charge in [-0.25, -0.2) is 8.78 Å². The summed E-state index contributed by atoms with van der Waals surface area (Å²) < 4.78 is 31.8. The molecule has 1 amide bonds. The van der Waals surface area contributed by atoms with E-state index in [2.05, 4.69) is 10.3 Å². The molecule has 3 rings (SSSR count). The molecule has 0 saturated heterocycles. The Balaban J connectivity index is 1.49. The van der Waals surface area contributed by atoms with E-state index in [1.807, 2.05) is 30.3 Å². The summed E-state index contributed by atoms with van der Waals surface area (Å²) in [5.74, 6) is -0.842. The van der Waals surface area contributed by atoms with Crippen LogP contribution >= 0.6 is 0 Å². The smallest absolute Gasteiger partial charge is 0.244 e. The topological polar surface area (TPSA) is 51.2 Å². The molecule has 1 aromatic heterocycles. The molecule has 0 fully saturated rings. The van der Waals surface area contributed by atoms with Gasteiger partial charge in [0.15, 0.2) is 11.6 Å². The average Bonchev–Trinajstić information content (AvgIpc) is 2.70. The van der Waals surface area contributed by atoms with Crippen LogP contribution in [-0.2, 0) is 11.2 Å². The third-order valence-corrected chi connectivity index (χ3v) is 3.85. The highest BCUT2D eigenvalue weighted by Crippen LogP contribution is 2.21. The summed E-state index contributed by atoms with van der Waals surface area (Å²) >= 11 is 0. The summed E-state index contributed by atoms with van der Waals surface area (Å²) in [4.78, 5) is 15.9. The lowest BCUT2D eigenvalue weighted by atomic mass is 10.1. The summed E-state index contributed by atoms with van der Waals surface area (Å²) in [5.41, 5.74) is 1.42. The maximum absolute atomic E-state index is 13.1. The first kappa shape index (κ1) is 19.2. The van der Waals surface area contributed by atoms with Gasteiger partial charge in [0.05, 0.1) is 6.20 Å². The Morgan fingerprint density at radius 3 is 2.68 bits per heavy atom. The fourth-order valence-electron chi connectivity index (χ4n) is 2.48. The maximum atomic E-state index is 13.1. The third kappa shape index (κ3) is 5.74. The zero-order valence-corrected chi connectivity index (χ0v) is 14.9. The number of hydrogen-bond acceptors (Lipinski definition) is 3. The standard InChI is InChI=1S/C22H18F2N2O2/c23-20-8-6-17(14-21(20)24)7-9-22(27)26-12-10-16-3-1-4-18(13-16)28-19-5-2-11-25-15-19/h1-9,11,13-15H,10,12H2,(H,26,27). The van der Waals surface area contributed by atoms with Crippen LogP contribution in [0.15, 0.2) is 73.1 Å². The molecule has 2 aromatic carbocycles. The van der Waals surface area contributed by atoms with Crippen LogP contribution < -0.4 is 10.1 Å². The largest absolute Gasteiger partial charge is 0.456 e. The number of nitrogens with one attached hydrogen (secondary N) is 1. The van der Waals surface area contributed by atoms with Gasteiger partial charge in [-0.05, 0) is 60.0 Å². The molecule has 0 aliphatic carbocycles. The Kier molecular flexibility index (Phi) is 6.46. The number of amides is 1. The Hall–Kier alpha value is -3.54. The van der Waals surface area contributed by atoms with Gasteiger partial charge in [0.1, 0.15) is 11.5 Å². The van der Waals surface area contributed by atoms with E-state index in [-0.39, 0.29) is 5.91 Å². The van der Waals surface area contributed by atoms with Crippen LogP contribution in [0.5, 0.6) is 11.5 Å². The molecule has 0 spiro atoms.